The molecule has 126 valence electrons. The van der Waals surface area contributed by atoms with E-state index in [4.69, 9.17) is 23.2 Å². The molecular weight excluding hydrogens is 366 g/mol. The summed E-state index contributed by atoms with van der Waals surface area (Å²) in [4.78, 5) is 0. The van der Waals surface area contributed by atoms with E-state index in [1.807, 2.05) is 12.1 Å². The van der Waals surface area contributed by atoms with Crippen LogP contribution >= 0.6 is 31.1 Å². The zero-order chi connectivity index (χ0) is 17.3. The van der Waals surface area contributed by atoms with Crippen LogP contribution in [0.2, 0.25) is 0 Å². The summed E-state index contributed by atoms with van der Waals surface area (Å²) in [7, 11) is -0.592. The van der Waals surface area contributed by atoms with Crippen molar-refractivity contribution in [2.45, 2.75) is 15.9 Å². The molecule has 0 saturated carbocycles. The van der Waals surface area contributed by atoms with E-state index in [0.29, 0.717) is 0 Å². The fourth-order valence-corrected chi connectivity index (χ4v) is 8.99. The standard InChI is InChI=1S/C22H19Cl2P/c23-21(24)16-17-25(20-14-8-3-9-15-20)22(21,18-10-4-1-5-11-18)19-12-6-2-7-13-19/h1-15H,16-17H2. The Kier molecular flexibility index (Phi) is 4.63. The van der Waals surface area contributed by atoms with Gasteiger partial charge in [-0.25, -0.2) is 0 Å². The van der Waals surface area contributed by atoms with Crippen molar-refractivity contribution in [1.82, 2.24) is 0 Å². The van der Waals surface area contributed by atoms with Crippen LogP contribution < -0.4 is 5.30 Å². The van der Waals surface area contributed by atoms with Crippen molar-refractivity contribution in [3.63, 3.8) is 0 Å². The van der Waals surface area contributed by atoms with E-state index < -0.39 is 17.4 Å². The van der Waals surface area contributed by atoms with Crippen LogP contribution in [0.15, 0.2) is 91.0 Å². The number of rotatable bonds is 3. The molecule has 0 spiro atoms. The Labute approximate surface area is 160 Å². The van der Waals surface area contributed by atoms with Crippen molar-refractivity contribution in [3.8, 4) is 0 Å². The van der Waals surface area contributed by atoms with E-state index >= 15 is 0 Å². The van der Waals surface area contributed by atoms with E-state index in [1.165, 1.54) is 16.4 Å². The van der Waals surface area contributed by atoms with Crippen LogP contribution in [0.25, 0.3) is 0 Å². The molecule has 0 aromatic heterocycles. The highest BCUT2D eigenvalue weighted by Crippen LogP contribution is 2.73. The van der Waals surface area contributed by atoms with Crippen molar-refractivity contribution >= 4 is 36.4 Å². The average molecular weight is 385 g/mol. The van der Waals surface area contributed by atoms with Gasteiger partial charge in [-0.2, -0.15) is 0 Å². The maximum atomic E-state index is 7.09. The van der Waals surface area contributed by atoms with Gasteiger partial charge in [-0.15, -0.1) is 0 Å². The lowest BCUT2D eigenvalue weighted by Gasteiger charge is -2.43. The van der Waals surface area contributed by atoms with E-state index in [1.54, 1.807) is 0 Å². The molecule has 1 atom stereocenters. The summed E-state index contributed by atoms with van der Waals surface area (Å²) in [5, 5.41) is 0.948. The quantitative estimate of drug-likeness (QED) is 0.366. The first-order valence-electron chi connectivity index (χ1n) is 8.48. The first-order chi connectivity index (χ1) is 12.2. The molecule has 1 fully saturated rings. The zero-order valence-electron chi connectivity index (χ0n) is 13.8. The molecule has 0 nitrogen and oxygen atoms in total. The lowest BCUT2D eigenvalue weighted by Crippen LogP contribution is -2.40. The normalized spacial score (nSPS) is 21.1. The minimum atomic E-state index is -0.836. The van der Waals surface area contributed by atoms with Gasteiger partial charge in [-0.1, -0.05) is 122 Å². The third kappa shape index (κ3) is 2.72. The summed E-state index contributed by atoms with van der Waals surface area (Å²) in [5.74, 6) is 0. The van der Waals surface area contributed by atoms with Crippen molar-refractivity contribution < 1.29 is 0 Å². The Morgan fingerprint density at radius 3 is 1.56 bits per heavy atom. The maximum Gasteiger partial charge on any atom is 0.136 e. The molecule has 3 heteroatoms. The summed E-state index contributed by atoms with van der Waals surface area (Å²) >= 11 is 14.2. The summed E-state index contributed by atoms with van der Waals surface area (Å²) in [5.41, 5.74) is 2.41. The minimum Gasteiger partial charge on any atom is -0.0999 e. The molecule has 0 amide bonds. The molecule has 1 aliphatic rings. The molecule has 0 bridgehead atoms. The van der Waals surface area contributed by atoms with E-state index in [0.717, 1.165) is 12.6 Å². The summed E-state index contributed by atoms with van der Waals surface area (Å²) < 4.78 is -0.836. The van der Waals surface area contributed by atoms with Gasteiger partial charge in [0.15, 0.2) is 0 Å². The Morgan fingerprint density at radius 2 is 1.08 bits per heavy atom. The van der Waals surface area contributed by atoms with Gasteiger partial charge >= 0.3 is 0 Å². The van der Waals surface area contributed by atoms with Gasteiger partial charge in [-0.3, -0.25) is 0 Å². The number of hydrogen-bond donors (Lipinski definition) is 0. The molecule has 1 aliphatic heterocycles. The molecule has 3 aromatic rings. The summed E-state index contributed by atoms with van der Waals surface area (Å²) in [6.07, 6.45) is 1.82. The molecule has 0 aliphatic carbocycles. The van der Waals surface area contributed by atoms with Crippen LogP contribution in [0, 0.1) is 0 Å². The molecule has 3 aromatic carbocycles. The van der Waals surface area contributed by atoms with Crippen molar-refractivity contribution in [1.29, 1.82) is 0 Å². The number of halogens is 2. The zero-order valence-corrected chi connectivity index (χ0v) is 16.2. The predicted octanol–water partition coefficient (Wildman–Crippen LogP) is 6.32. The molecular formula is C22H19Cl2P. The second-order valence-electron chi connectivity index (χ2n) is 6.38. The second kappa shape index (κ2) is 6.76. The van der Waals surface area contributed by atoms with Crippen LogP contribution in [-0.4, -0.2) is 10.5 Å². The Bertz CT molecular complexity index is 792. The summed E-state index contributed by atoms with van der Waals surface area (Å²) in [6, 6.07) is 31.9. The molecule has 1 unspecified atom stereocenters. The fourth-order valence-electron chi connectivity index (χ4n) is 3.99. The van der Waals surface area contributed by atoms with E-state index in [9.17, 15) is 0 Å². The molecule has 25 heavy (non-hydrogen) atoms. The van der Waals surface area contributed by atoms with Gasteiger partial charge in [-0.05, 0) is 29.0 Å². The molecule has 0 N–H and O–H groups in total. The van der Waals surface area contributed by atoms with Crippen molar-refractivity contribution in [2.75, 3.05) is 6.16 Å². The van der Waals surface area contributed by atoms with Crippen LogP contribution in [-0.2, 0) is 5.16 Å². The Balaban J connectivity index is 2.03. The van der Waals surface area contributed by atoms with Crippen molar-refractivity contribution in [2.24, 2.45) is 0 Å². The van der Waals surface area contributed by atoms with Crippen LogP contribution in [0.3, 0.4) is 0 Å². The van der Waals surface area contributed by atoms with Gasteiger partial charge in [0.2, 0.25) is 0 Å². The second-order valence-corrected chi connectivity index (χ2v) is 10.4. The third-order valence-corrected chi connectivity index (χ3v) is 9.54. The van der Waals surface area contributed by atoms with E-state index in [2.05, 4.69) is 78.9 Å². The topological polar surface area (TPSA) is 0 Å². The van der Waals surface area contributed by atoms with Crippen LogP contribution in [0.4, 0.5) is 0 Å². The van der Waals surface area contributed by atoms with Gasteiger partial charge in [0.25, 0.3) is 0 Å². The molecule has 0 radical (unpaired) electrons. The van der Waals surface area contributed by atoms with E-state index in [-0.39, 0.29) is 0 Å². The largest absolute Gasteiger partial charge is 0.136 e. The molecule has 4 rings (SSSR count). The summed E-state index contributed by atoms with van der Waals surface area (Å²) in [6.45, 7) is 0. The smallest absolute Gasteiger partial charge is 0.0999 e. The van der Waals surface area contributed by atoms with Crippen LogP contribution in [0.1, 0.15) is 17.5 Å². The Morgan fingerprint density at radius 1 is 0.640 bits per heavy atom. The van der Waals surface area contributed by atoms with Gasteiger partial charge < -0.3 is 0 Å². The third-order valence-electron chi connectivity index (χ3n) is 5.03. The number of alkyl halides is 2. The molecule has 1 saturated heterocycles. The monoisotopic (exact) mass is 384 g/mol. The molecule has 1 heterocycles. The first-order valence-corrected chi connectivity index (χ1v) is 10.8. The average Bonchev–Trinajstić information content (AvgIpc) is 2.95. The number of hydrogen-bond acceptors (Lipinski definition) is 0. The lowest BCUT2D eigenvalue weighted by atomic mass is 9.86. The van der Waals surface area contributed by atoms with Crippen molar-refractivity contribution in [3.05, 3.63) is 102 Å². The van der Waals surface area contributed by atoms with Gasteiger partial charge in [0.1, 0.15) is 4.33 Å². The van der Waals surface area contributed by atoms with Crippen LogP contribution in [0.5, 0.6) is 0 Å². The number of benzene rings is 3. The lowest BCUT2D eigenvalue weighted by molar-refractivity contribution is 0.634. The SMILES string of the molecule is ClC1(Cl)CCP(c2ccccc2)C1(c1ccccc1)c1ccccc1. The van der Waals surface area contributed by atoms with Gasteiger partial charge in [0, 0.05) is 0 Å². The Hall–Kier alpha value is -1.33. The highest BCUT2D eigenvalue weighted by Gasteiger charge is 2.61. The predicted molar refractivity (Wildman–Crippen MR) is 111 cm³/mol. The fraction of sp³-hybridized carbons (Fsp3) is 0.182. The van der Waals surface area contributed by atoms with Gasteiger partial charge in [0.05, 0.1) is 5.16 Å². The highest BCUT2D eigenvalue weighted by molar-refractivity contribution is 7.67. The maximum absolute atomic E-state index is 7.09. The highest BCUT2D eigenvalue weighted by atomic mass is 35.5. The minimum absolute atomic E-state index is 0.407. The first kappa shape index (κ1) is 17.1.